The van der Waals surface area contributed by atoms with Crippen LogP contribution in [-0.4, -0.2) is 52.3 Å². The van der Waals surface area contributed by atoms with Crippen LogP contribution in [0.5, 0.6) is 0 Å². The van der Waals surface area contributed by atoms with Crippen LogP contribution in [0.3, 0.4) is 0 Å². The van der Waals surface area contributed by atoms with Crippen LogP contribution in [0.4, 0.5) is 0 Å². The molecule has 0 aliphatic carbocycles. The molecular weight excluding hydrogens is 296 g/mol. The Morgan fingerprint density at radius 3 is 2.91 bits per heavy atom. The van der Waals surface area contributed by atoms with Crippen molar-refractivity contribution in [3.63, 3.8) is 0 Å². The first-order chi connectivity index (χ1) is 11.0. The molecule has 0 spiro atoms. The molecule has 1 N–H and O–H groups in total. The Bertz CT molecular complexity index is 737. The van der Waals surface area contributed by atoms with Gasteiger partial charge in [0.15, 0.2) is 0 Å². The lowest BCUT2D eigenvalue weighted by Gasteiger charge is -2.32. The number of carboxylic acids is 1. The number of amides is 1. The number of carboxylic acid groups (broad SMARTS) is 1. The highest BCUT2D eigenvalue weighted by atomic mass is 16.5. The molecule has 1 atom stereocenters. The number of rotatable bonds is 4. The zero-order valence-corrected chi connectivity index (χ0v) is 13.1. The lowest BCUT2D eigenvalue weighted by Crippen LogP contribution is -2.47. The lowest BCUT2D eigenvalue weighted by atomic mass is 10.2. The fourth-order valence-electron chi connectivity index (χ4n) is 3.06. The minimum absolute atomic E-state index is 0.00635. The standard InChI is InChI=1S/C17H20N2O4/c1-12-8-13-4-2-3-5-15(13)19(12)11-16(20)18-6-7-23-14(10-18)9-17(21)22/h2-5,8,14H,6-7,9-11H2,1H3,(H,21,22)/t14-/m0/s1. The van der Waals surface area contributed by atoms with Crippen LogP contribution in [0.2, 0.25) is 0 Å². The van der Waals surface area contributed by atoms with E-state index < -0.39 is 12.1 Å². The normalized spacial score (nSPS) is 18.3. The number of nitrogens with zero attached hydrogens (tertiary/aromatic N) is 2. The summed E-state index contributed by atoms with van der Waals surface area (Å²) in [7, 11) is 0. The second-order valence-corrected chi connectivity index (χ2v) is 5.86. The molecule has 6 nitrogen and oxygen atoms in total. The highest BCUT2D eigenvalue weighted by Gasteiger charge is 2.26. The molecule has 1 aliphatic rings. The van der Waals surface area contributed by atoms with E-state index in [1.165, 1.54) is 0 Å². The second kappa shape index (κ2) is 6.42. The number of aromatic nitrogens is 1. The molecule has 122 valence electrons. The molecule has 2 aromatic rings. The minimum Gasteiger partial charge on any atom is -0.481 e. The van der Waals surface area contributed by atoms with Gasteiger partial charge in [0.25, 0.3) is 0 Å². The van der Waals surface area contributed by atoms with E-state index in [0.717, 1.165) is 16.6 Å². The van der Waals surface area contributed by atoms with Crippen molar-refractivity contribution < 1.29 is 19.4 Å². The van der Waals surface area contributed by atoms with Crippen molar-refractivity contribution in [2.75, 3.05) is 19.7 Å². The molecule has 1 fully saturated rings. The van der Waals surface area contributed by atoms with Crippen LogP contribution in [0, 0.1) is 6.92 Å². The average Bonchev–Trinajstić information content (AvgIpc) is 2.83. The maximum absolute atomic E-state index is 12.6. The molecule has 2 heterocycles. The Morgan fingerprint density at radius 2 is 2.13 bits per heavy atom. The summed E-state index contributed by atoms with van der Waals surface area (Å²) >= 11 is 0. The molecule has 0 saturated carbocycles. The topological polar surface area (TPSA) is 71.8 Å². The van der Waals surface area contributed by atoms with E-state index in [1.54, 1.807) is 4.90 Å². The zero-order chi connectivity index (χ0) is 16.4. The number of morpholine rings is 1. The summed E-state index contributed by atoms with van der Waals surface area (Å²) in [5.74, 6) is -0.912. The van der Waals surface area contributed by atoms with Gasteiger partial charge in [-0.05, 0) is 24.4 Å². The summed E-state index contributed by atoms with van der Waals surface area (Å²) in [5, 5.41) is 9.98. The Hall–Kier alpha value is -2.34. The quantitative estimate of drug-likeness (QED) is 0.931. The predicted octanol–water partition coefficient (Wildman–Crippen LogP) is 1.65. The molecule has 1 aromatic heterocycles. The molecule has 1 aliphatic heterocycles. The van der Waals surface area contributed by atoms with E-state index in [0.29, 0.717) is 19.7 Å². The van der Waals surface area contributed by atoms with Gasteiger partial charge in [-0.2, -0.15) is 0 Å². The minimum atomic E-state index is -0.906. The number of para-hydroxylation sites is 1. The molecule has 1 saturated heterocycles. The Morgan fingerprint density at radius 1 is 1.35 bits per heavy atom. The van der Waals surface area contributed by atoms with Gasteiger partial charge in [-0.15, -0.1) is 0 Å². The second-order valence-electron chi connectivity index (χ2n) is 5.86. The molecule has 0 radical (unpaired) electrons. The van der Waals surface area contributed by atoms with Crippen molar-refractivity contribution >= 4 is 22.8 Å². The lowest BCUT2D eigenvalue weighted by molar-refractivity contribution is -0.148. The van der Waals surface area contributed by atoms with Crippen molar-refractivity contribution in [3.8, 4) is 0 Å². The summed E-state index contributed by atoms with van der Waals surface area (Å²) in [5.41, 5.74) is 2.07. The maximum Gasteiger partial charge on any atom is 0.306 e. The third kappa shape index (κ3) is 3.37. The number of hydrogen-bond acceptors (Lipinski definition) is 3. The average molecular weight is 316 g/mol. The predicted molar refractivity (Wildman–Crippen MR) is 85.2 cm³/mol. The van der Waals surface area contributed by atoms with Gasteiger partial charge in [-0.1, -0.05) is 18.2 Å². The summed E-state index contributed by atoms with van der Waals surface area (Å²) < 4.78 is 7.42. The van der Waals surface area contributed by atoms with Crippen molar-refractivity contribution in [1.29, 1.82) is 0 Å². The number of aryl methyl sites for hydroxylation is 1. The monoisotopic (exact) mass is 316 g/mol. The van der Waals surface area contributed by atoms with Crippen molar-refractivity contribution in [2.24, 2.45) is 0 Å². The van der Waals surface area contributed by atoms with Crippen LogP contribution in [-0.2, 0) is 20.9 Å². The molecule has 6 heteroatoms. The largest absolute Gasteiger partial charge is 0.481 e. The number of aliphatic carboxylic acids is 1. The van der Waals surface area contributed by atoms with E-state index in [2.05, 4.69) is 6.07 Å². The van der Waals surface area contributed by atoms with Gasteiger partial charge in [-0.25, -0.2) is 0 Å². The molecule has 1 aromatic carbocycles. The highest BCUT2D eigenvalue weighted by molar-refractivity contribution is 5.84. The van der Waals surface area contributed by atoms with E-state index in [9.17, 15) is 9.59 Å². The van der Waals surface area contributed by atoms with Crippen LogP contribution in [0.25, 0.3) is 10.9 Å². The number of fused-ring (bicyclic) bond motifs is 1. The molecule has 0 bridgehead atoms. The Balaban J connectivity index is 1.73. The van der Waals surface area contributed by atoms with Gasteiger partial charge < -0.3 is 19.3 Å². The zero-order valence-electron chi connectivity index (χ0n) is 13.1. The van der Waals surface area contributed by atoms with E-state index in [4.69, 9.17) is 9.84 Å². The molecule has 23 heavy (non-hydrogen) atoms. The van der Waals surface area contributed by atoms with Crippen molar-refractivity contribution in [2.45, 2.75) is 26.0 Å². The van der Waals surface area contributed by atoms with Gasteiger partial charge in [-0.3, -0.25) is 9.59 Å². The van der Waals surface area contributed by atoms with E-state index >= 15 is 0 Å². The molecular formula is C17H20N2O4. The van der Waals surface area contributed by atoms with Crippen LogP contribution in [0.15, 0.2) is 30.3 Å². The molecule has 0 unspecified atom stereocenters. The van der Waals surface area contributed by atoms with Crippen molar-refractivity contribution in [3.05, 3.63) is 36.0 Å². The smallest absolute Gasteiger partial charge is 0.306 e. The van der Waals surface area contributed by atoms with Crippen LogP contribution >= 0.6 is 0 Å². The summed E-state index contributed by atoms with van der Waals surface area (Å²) in [6.07, 6.45) is -0.498. The first kappa shape index (κ1) is 15.6. The van der Waals surface area contributed by atoms with Gasteiger partial charge in [0.1, 0.15) is 6.54 Å². The van der Waals surface area contributed by atoms with Gasteiger partial charge in [0.2, 0.25) is 5.91 Å². The number of hydrogen-bond donors (Lipinski definition) is 1. The van der Waals surface area contributed by atoms with Crippen LogP contribution in [0.1, 0.15) is 12.1 Å². The Labute approximate surface area is 134 Å². The van der Waals surface area contributed by atoms with Crippen molar-refractivity contribution in [1.82, 2.24) is 9.47 Å². The Kier molecular flexibility index (Phi) is 4.34. The third-order valence-corrected chi connectivity index (χ3v) is 4.20. The summed E-state index contributed by atoms with van der Waals surface area (Å²) in [6.45, 7) is 3.48. The summed E-state index contributed by atoms with van der Waals surface area (Å²) in [6, 6.07) is 10.0. The molecule has 3 rings (SSSR count). The first-order valence-corrected chi connectivity index (χ1v) is 7.70. The SMILES string of the molecule is Cc1cc2ccccc2n1CC(=O)N1CCO[C@@H](CC(=O)O)C1. The van der Waals surface area contributed by atoms with Gasteiger partial charge in [0, 0.05) is 24.3 Å². The molecule has 1 amide bonds. The first-order valence-electron chi connectivity index (χ1n) is 7.70. The maximum atomic E-state index is 12.6. The third-order valence-electron chi connectivity index (χ3n) is 4.20. The van der Waals surface area contributed by atoms with Crippen LogP contribution < -0.4 is 0 Å². The van der Waals surface area contributed by atoms with E-state index in [-0.39, 0.29) is 18.9 Å². The van der Waals surface area contributed by atoms with Gasteiger partial charge >= 0.3 is 5.97 Å². The fourth-order valence-corrected chi connectivity index (χ4v) is 3.06. The highest BCUT2D eigenvalue weighted by Crippen LogP contribution is 2.19. The van der Waals surface area contributed by atoms with Gasteiger partial charge in [0.05, 0.1) is 19.1 Å². The number of ether oxygens (including phenoxy) is 1. The number of carbonyl (C=O) groups excluding carboxylic acids is 1. The van der Waals surface area contributed by atoms with E-state index in [1.807, 2.05) is 35.8 Å². The summed E-state index contributed by atoms with van der Waals surface area (Å²) in [4.78, 5) is 25.1. The fraction of sp³-hybridized carbons (Fsp3) is 0.412. The number of benzene rings is 1. The number of carbonyl (C=O) groups is 2.